The lowest BCUT2D eigenvalue weighted by Gasteiger charge is -2.07. The van der Waals surface area contributed by atoms with E-state index in [1.807, 2.05) is 24.3 Å². The fraction of sp³-hybridized carbons (Fsp3) is 0.176. The molecular formula is C17H16ClN3O3. The van der Waals surface area contributed by atoms with E-state index < -0.39 is 5.97 Å². The van der Waals surface area contributed by atoms with Crippen LogP contribution in [0.4, 0.5) is 5.69 Å². The van der Waals surface area contributed by atoms with Gasteiger partial charge in [0.05, 0.1) is 33.9 Å². The Balaban J connectivity index is 1.58. The zero-order valence-electron chi connectivity index (χ0n) is 12.8. The summed E-state index contributed by atoms with van der Waals surface area (Å²) in [6.45, 7) is 0.659. The molecule has 0 aliphatic rings. The summed E-state index contributed by atoms with van der Waals surface area (Å²) in [4.78, 5) is 26.7. The van der Waals surface area contributed by atoms with Gasteiger partial charge in [0.1, 0.15) is 0 Å². The molecule has 0 atom stereocenters. The summed E-state index contributed by atoms with van der Waals surface area (Å²) < 4.78 is 6.84. The van der Waals surface area contributed by atoms with Gasteiger partial charge in [-0.25, -0.2) is 9.59 Å². The number of fused-ring (bicyclic) bond motifs is 1. The van der Waals surface area contributed by atoms with Gasteiger partial charge in [-0.2, -0.15) is 0 Å². The second-order valence-electron chi connectivity index (χ2n) is 5.32. The van der Waals surface area contributed by atoms with Gasteiger partial charge in [0.15, 0.2) is 0 Å². The quantitative estimate of drug-likeness (QED) is 0.422. The number of aryl methyl sites for hydroxylation is 1. The zero-order valence-corrected chi connectivity index (χ0v) is 13.5. The number of nitrogens with two attached hydrogens (primary N) is 1. The molecule has 0 spiro atoms. The van der Waals surface area contributed by atoms with Crippen LogP contribution in [0.15, 0.2) is 47.3 Å². The normalized spacial score (nSPS) is 10.9. The van der Waals surface area contributed by atoms with Crippen molar-refractivity contribution in [3.05, 3.63) is 63.5 Å². The van der Waals surface area contributed by atoms with Crippen LogP contribution in [0.25, 0.3) is 11.0 Å². The second kappa shape index (κ2) is 6.80. The Bertz CT molecular complexity index is 946. The molecule has 0 aliphatic heterocycles. The highest BCUT2D eigenvalue weighted by molar-refractivity contribution is 6.33. The van der Waals surface area contributed by atoms with E-state index in [9.17, 15) is 9.59 Å². The van der Waals surface area contributed by atoms with Gasteiger partial charge in [0.25, 0.3) is 0 Å². The van der Waals surface area contributed by atoms with Crippen molar-refractivity contribution in [2.75, 3.05) is 12.3 Å². The first kappa shape index (κ1) is 16.1. The fourth-order valence-corrected chi connectivity index (χ4v) is 2.59. The smallest absolute Gasteiger partial charge is 0.338 e. The number of aromatic nitrogens is 2. The maximum Gasteiger partial charge on any atom is 0.338 e. The standard InChI is InChI=1S/C17H16ClN3O3/c18-12-7-6-11(10-13(12)19)16(22)24-9-3-8-21-15-5-2-1-4-14(15)20-17(21)23/h1-2,4-7,10H,3,8-9,19H2,(H,20,23). The summed E-state index contributed by atoms with van der Waals surface area (Å²) in [5, 5.41) is 0.394. The summed E-state index contributed by atoms with van der Waals surface area (Å²) in [7, 11) is 0. The van der Waals surface area contributed by atoms with Crippen LogP contribution in [0.2, 0.25) is 5.02 Å². The third-order valence-corrected chi connectivity index (χ3v) is 4.02. The van der Waals surface area contributed by atoms with Crippen LogP contribution in [0.3, 0.4) is 0 Å². The lowest BCUT2D eigenvalue weighted by molar-refractivity contribution is 0.0496. The van der Waals surface area contributed by atoms with Gasteiger partial charge in [-0.3, -0.25) is 4.57 Å². The Morgan fingerprint density at radius 1 is 1.25 bits per heavy atom. The Morgan fingerprint density at radius 3 is 2.83 bits per heavy atom. The average Bonchev–Trinajstić information content (AvgIpc) is 2.89. The van der Waals surface area contributed by atoms with E-state index in [0.29, 0.717) is 29.2 Å². The molecule has 1 aromatic heterocycles. The molecule has 0 saturated carbocycles. The van der Waals surface area contributed by atoms with Gasteiger partial charge in [-0.05, 0) is 36.8 Å². The molecule has 0 radical (unpaired) electrons. The predicted molar refractivity (Wildman–Crippen MR) is 93.3 cm³/mol. The number of nitrogens with zero attached hydrogens (tertiary/aromatic N) is 1. The van der Waals surface area contributed by atoms with Crippen LogP contribution < -0.4 is 11.4 Å². The van der Waals surface area contributed by atoms with Gasteiger partial charge in [-0.15, -0.1) is 0 Å². The molecule has 3 rings (SSSR count). The molecule has 24 heavy (non-hydrogen) atoms. The molecule has 1 heterocycles. The Hall–Kier alpha value is -2.73. The summed E-state index contributed by atoms with van der Waals surface area (Å²) >= 11 is 5.82. The molecule has 0 aliphatic carbocycles. The van der Waals surface area contributed by atoms with E-state index in [0.717, 1.165) is 11.0 Å². The Morgan fingerprint density at radius 2 is 2.04 bits per heavy atom. The summed E-state index contributed by atoms with van der Waals surface area (Å²) in [5.41, 5.74) is 7.79. The molecule has 6 nitrogen and oxygen atoms in total. The van der Waals surface area contributed by atoms with Gasteiger partial charge >= 0.3 is 11.7 Å². The van der Waals surface area contributed by atoms with Crippen LogP contribution in [0, 0.1) is 0 Å². The molecule has 3 N–H and O–H groups in total. The average molecular weight is 346 g/mol. The zero-order chi connectivity index (χ0) is 17.1. The van der Waals surface area contributed by atoms with E-state index in [2.05, 4.69) is 4.98 Å². The molecule has 0 amide bonds. The number of ether oxygens (including phenoxy) is 1. The van der Waals surface area contributed by atoms with Crippen molar-refractivity contribution < 1.29 is 9.53 Å². The molecule has 3 aromatic rings. The molecule has 0 unspecified atom stereocenters. The Labute approximate surface area is 142 Å². The van der Waals surface area contributed by atoms with Crippen molar-refractivity contribution in [2.45, 2.75) is 13.0 Å². The third-order valence-electron chi connectivity index (χ3n) is 3.67. The van der Waals surface area contributed by atoms with Gasteiger partial charge in [-0.1, -0.05) is 23.7 Å². The van der Waals surface area contributed by atoms with Crippen LogP contribution in [-0.2, 0) is 11.3 Å². The van der Waals surface area contributed by atoms with Crippen LogP contribution in [0.5, 0.6) is 0 Å². The van der Waals surface area contributed by atoms with Crippen molar-refractivity contribution in [1.82, 2.24) is 9.55 Å². The monoisotopic (exact) mass is 345 g/mol. The summed E-state index contributed by atoms with van der Waals surface area (Å²) in [6.07, 6.45) is 0.524. The number of hydrogen-bond acceptors (Lipinski definition) is 4. The number of benzene rings is 2. The SMILES string of the molecule is Nc1cc(C(=O)OCCCn2c(=O)[nH]c3ccccc32)ccc1Cl. The maximum absolute atomic E-state index is 12.0. The van der Waals surface area contributed by atoms with Crippen LogP contribution in [0.1, 0.15) is 16.8 Å². The number of nitrogen functional groups attached to an aromatic ring is 1. The molecule has 7 heteroatoms. The number of hydrogen-bond donors (Lipinski definition) is 2. The number of anilines is 1. The number of halogens is 1. The van der Waals surface area contributed by atoms with Crippen molar-refractivity contribution in [2.24, 2.45) is 0 Å². The Kier molecular flexibility index (Phi) is 4.57. The first-order valence-corrected chi connectivity index (χ1v) is 7.84. The van der Waals surface area contributed by atoms with Gasteiger partial charge < -0.3 is 15.5 Å². The first-order chi connectivity index (χ1) is 11.6. The first-order valence-electron chi connectivity index (χ1n) is 7.46. The van der Waals surface area contributed by atoms with E-state index in [4.69, 9.17) is 22.1 Å². The topological polar surface area (TPSA) is 90.1 Å². The summed E-state index contributed by atoms with van der Waals surface area (Å²) in [5.74, 6) is -0.468. The third kappa shape index (κ3) is 3.28. The van der Waals surface area contributed by atoms with Gasteiger partial charge in [0.2, 0.25) is 0 Å². The highest BCUT2D eigenvalue weighted by Gasteiger charge is 2.10. The van der Waals surface area contributed by atoms with Crippen molar-refractivity contribution in [3.8, 4) is 0 Å². The number of aromatic amines is 1. The lowest BCUT2D eigenvalue weighted by atomic mass is 10.2. The number of carbonyl (C=O) groups is 1. The number of rotatable bonds is 5. The molecule has 0 saturated heterocycles. The van der Waals surface area contributed by atoms with Crippen molar-refractivity contribution >= 4 is 34.3 Å². The predicted octanol–water partition coefficient (Wildman–Crippen LogP) is 2.81. The second-order valence-corrected chi connectivity index (χ2v) is 5.73. The molecule has 0 fully saturated rings. The van der Waals surface area contributed by atoms with E-state index in [1.54, 1.807) is 16.7 Å². The number of esters is 1. The van der Waals surface area contributed by atoms with Crippen molar-refractivity contribution in [3.63, 3.8) is 0 Å². The minimum Gasteiger partial charge on any atom is -0.462 e. The number of para-hydroxylation sites is 2. The fourth-order valence-electron chi connectivity index (χ4n) is 2.47. The highest BCUT2D eigenvalue weighted by Crippen LogP contribution is 2.20. The van der Waals surface area contributed by atoms with Crippen molar-refractivity contribution in [1.29, 1.82) is 0 Å². The van der Waals surface area contributed by atoms with Gasteiger partial charge in [0, 0.05) is 6.54 Å². The minimum atomic E-state index is -0.468. The highest BCUT2D eigenvalue weighted by atomic mass is 35.5. The van der Waals surface area contributed by atoms with Crippen LogP contribution in [-0.4, -0.2) is 22.1 Å². The van der Waals surface area contributed by atoms with Crippen LogP contribution >= 0.6 is 11.6 Å². The molecule has 0 bridgehead atoms. The van der Waals surface area contributed by atoms with E-state index >= 15 is 0 Å². The molecule has 2 aromatic carbocycles. The molecular weight excluding hydrogens is 330 g/mol. The van der Waals surface area contributed by atoms with E-state index in [1.165, 1.54) is 6.07 Å². The lowest BCUT2D eigenvalue weighted by Crippen LogP contribution is -2.18. The molecule has 124 valence electrons. The number of imidazole rings is 1. The summed E-state index contributed by atoms with van der Waals surface area (Å²) in [6, 6.07) is 12.0. The number of nitrogens with one attached hydrogen (secondary N) is 1. The largest absolute Gasteiger partial charge is 0.462 e. The number of H-pyrrole nitrogens is 1. The van der Waals surface area contributed by atoms with E-state index in [-0.39, 0.29) is 12.3 Å². The number of carbonyl (C=O) groups excluding carboxylic acids is 1. The maximum atomic E-state index is 12.0. The minimum absolute atomic E-state index is 0.173.